The maximum Gasteiger partial charge on any atom is 0.321 e. The Morgan fingerprint density at radius 3 is 2.07 bits per heavy atom. The molecular formula is C24H25N3O3. The van der Waals surface area contributed by atoms with Gasteiger partial charge in [0.2, 0.25) is 0 Å². The van der Waals surface area contributed by atoms with Gasteiger partial charge in [0.25, 0.3) is 5.91 Å². The van der Waals surface area contributed by atoms with E-state index in [0.29, 0.717) is 11.4 Å². The molecule has 0 saturated carbocycles. The van der Waals surface area contributed by atoms with E-state index in [1.165, 1.54) is 19.1 Å². The highest BCUT2D eigenvalue weighted by atomic mass is 16.3. The molecule has 0 aliphatic carbocycles. The number of likely N-dealkylation sites (tertiary alicyclic amines) is 1. The van der Waals surface area contributed by atoms with Crippen molar-refractivity contribution in [1.82, 2.24) is 4.90 Å². The van der Waals surface area contributed by atoms with E-state index in [9.17, 15) is 9.59 Å². The van der Waals surface area contributed by atoms with E-state index < -0.39 is 0 Å². The second kappa shape index (κ2) is 9.31. The summed E-state index contributed by atoms with van der Waals surface area (Å²) in [7, 11) is 0. The number of furan rings is 1. The minimum Gasteiger partial charge on any atom is -0.459 e. The molecule has 6 heteroatoms. The minimum absolute atomic E-state index is 0.0724. The first-order valence-electron chi connectivity index (χ1n) is 10.3. The van der Waals surface area contributed by atoms with Crippen LogP contribution < -0.4 is 10.6 Å². The molecule has 3 aromatic rings. The fourth-order valence-electron chi connectivity index (χ4n) is 3.63. The molecule has 0 spiro atoms. The van der Waals surface area contributed by atoms with Crippen molar-refractivity contribution in [3.05, 3.63) is 72.7 Å². The Morgan fingerprint density at radius 1 is 0.767 bits per heavy atom. The Bertz CT molecular complexity index is 988. The Kier molecular flexibility index (Phi) is 6.13. The SMILES string of the molecule is O=C(Nc1ccc(NC(=O)N2CCCCCC2)cc1)c1occc1-c1ccccc1. The summed E-state index contributed by atoms with van der Waals surface area (Å²) in [6.45, 7) is 1.60. The van der Waals surface area contributed by atoms with Gasteiger partial charge >= 0.3 is 6.03 Å². The van der Waals surface area contributed by atoms with Crippen molar-refractivity contribution in [2.45, 2.75) is 25.7 Å². The molecule has 2 aromatic carbocycles. The van der Waals surface area contributed by atoms with Crippen molar-refractivity contribution < 1.29 is 14.0 Å². The molecule has 1 aromatic heterocycles. The first-order valence-corrected chi connectivity index (χ1v) is 10.3. The van der Waals surface area contributed by atoms with Gasteiger partial charge in [-0.1, -0.05) is 43.2 Å². The van der Waals surface area contributed by atoms with Gasteiger partial charge in [0, 0.05) is 30.0 Å². The van der Waals surface area contributed by atoms with Crippen molar-refractivity contribution in [3.8, 4) is 11.1 Å². The van der Waals surface area contributed by atoms with E-state index in [4.69, 9.17) is 4.42 Å². The molecule has 0 bridgehead atoms. The van der Waals surface area contributed by atoms with Gasteiger partial charge in [0.05, 0.1) is 6.26 Å². The van der Waals surface area contributed by atoms with Crippen LogP contribution in [0.3, 0.4) is 0 Å². The largest absolute Gasteiger partial charge is 0.459 e. The maximum atomic E-state index is 12.7. The van der Waals surface area contributed by atoms with Crippen LogP contribution in [0.5, 0.6) is 0 Å². The van der Waals surface area contributed by atoms with E-state index in [-0.39, 0.29) is 17.7 Å². The number of anilines is 2. The fraction of sp³-hybridized carbons (Fsp3) is 0.250. The molecule has 0 unspecified atom stereocenters. The van der Waals surface area contributed by atoms with Crippen molar-refractivity contribution in [2.75, 3.05) is 23.7 Å². The molecule has 0 radical (unpaired) electrons. The van der Waals surface area contributed by atoms with Crippen molar-refractivity contribution in [1.29, 1.82) is 0 Å². The third-order valence-electron chi connectivity index (χ3n) is 5.24. The number of benzene rings is 2. The van der Waals surface area contributed by atoms with E-state index in [1.54, 1.807) is 30.3 Å². The van der Waals surface area contributed by atoms with Gasteiger partial charge < -0.3 is 20.0 Å². The summed E-state index contributed by atoms with van der Waals surface area (Å²) < 4.78 is 5.43. The van der Waals surface area contributed by atoms with Crippen LogP contribution in [0.4, 0.5) is 16.2 Å². The van der Waals surface area contributed by atoms with E-state index in [1.807, 2.05) is 35.2 Å². The fourth-order valence-corrected chi connectivity index (χ4v) is 3.63. The average Bonchev–Trinajstić information content (AvgIpc) is 3.11. The summed E-state index contributed by atoms with van der Waals surface area (Å²) in [4.78, 5) is 27.0. The van der Waals surface area contributed by atoms with Crippen LogP contribution in [-0.4, -0.2) is 29.9 Å². The lowest BCUT2D eigenvalue weighted by atomic mass is 10.1. The van der Waals surface area contributed by atoms with Crippen molar-refractivity contribution in [3.63, 3.8) is 0 Å². The van der Waals surface area contributed by atoms with Gasteiger partial charge in [-0.15, -0.1) is 0 Å². The van der Waals surface area contributed by atoms with Crippen molar-refractivity contribution in [2.24, 2.45) is 0 Å². The van der Waals surface area contributed by atoms with Crippen LogP contribution in [0.15, 0.2) is 71.3 Å². The number of nitrogens with one attached hydrogen (secondary N) is 2. The van der Waals surface area contributed by atoms with Gasteiger partial charge in [0.1, 0.15) is 0 Å². The highest BCUT2D eigenvalue weighted by Gasteiger charge is 2.18. The van der Waals surface area contributed by atoms with Crippen LogP contribution >= 0.6 is 0 Å². The third-order valence-corrected chi connectivity index (χ3v) is 5.24. The Balaban J connectivity index is 1.39. The minimum atomic E-state index is -0.319. The third kappa shape index (κ3) is 4.71. The second-order valence-electron chi connectivity index (χ2n) is 7.39. The lowest BCUT2D eigenvalue weighted by molar-refractivity contribution is 0.0997. The van der Waals surface area contributed by atoms with Gasteiger partial charge in [-0.05, 0) is 48.7 Å². The van der Waals surface area contributed by atoms with Gasteiger partial charge in [-0.25, -0.2) is 4.79 Å². The summed E-state index contributed by atoms with van der Waals surface area (Å²) in [6, 6.07) is 18.4. The van der Waals surface area contributed by atoms with Gasteiger partial charge in [0.15, 0.2) is 5.76 Å². The monoisotopic (exact) mass is 403 g/mol. The van der Waals surface area contributed by atoms with E-state index in [0.717, 1.165) is 37.1 Å². The zero-order valence-electron chi connectivity index (χ0n) is 16.8. The molecule has 30 heavy (non-hydrogen) atoms. The Morgan fingerprint density at radius 2 is 1.40 bits per heavy atom. The van der Waals surface area contributed by atoms with E-state index >= 15 is 0 Å². The van der Waals surface area contributed by atoms with Crippen LogP contribution in [0.25, 0.3) is 11.1 Å². The van der Waals surface area contributed by atoms with Crippen molar-refractivity contribution >= 4 is 23.3 Å². The molecule has 1 aliphatic rings. The molecule has 1 saturated heterocycles. The number of nitrogens with zero attached hydrogens (tertiary/aromatic N) is 1. The standard InChI is InChI=1S/C24H25N3O3/c28-23(22-21(14-17-30-22)18-8-4-3-5-9-18)25-19-10-12-20(13-11-19)26-24(29)27-15-6-1-2-7-16-27/h3-5,8-14,17H,1-2,6-7,15-16H2,(H,25,28)(H,26,29). The molecular weight excluding hydrogens is 378 g/mol. The predicted octanol–water partition coefficient (Wildman–Crippen LogP) is 5.61. The van der Waals surface area contributed by atoms with Crippen LogP contribution in [0, 0.1) is 0 Å². The smallest absolute Gasteiger partial charge is 0.321 e. The van der Waals surface area contributed by atoms with Gasteiger partial charge in [-0.3, -0.25) is 4.79 Å². The Hall–Kier alpha value is -3.54. The summed E-state index contributed by atoms with van der Waals surface area (Å²) in [5.74, 6) is -0.0556. The Labute approximate surface area is 175 Å². The van der Waals surface area contributed by atoms with Crippen LogP contribution in [0.2, 0.25) is 0 Å². The summed E-state index contributed by atoms with van der Waals surface area (Å²) in [5.41, 5.74) is 2.99. The molecule has 2 heterocycles. The lowest BCUT2D eigenvalue weighted by Crippen LogP contribution is -2.35. The second-order valence-corrected chi connectivity index (χ2v) is 7.39. The highest BCUT2D eigenvalue weighted by molar-refractivity contribution is 6.06. The first-order chi connectivity index (χ1) is 14.7. The molecule has 3 amide bonds. The molecule has 1 fully saturated rings. The lowest BCUT2D eigenvalue weighted by Gasteiger charge is -2.20. The topological polar surface area (TPSA) is 74.6 Å². The number of amides is 3. The predicted molar refractivity (Wildman–Crippen MR) is 118 cm³/mol. The first kappa shape index (κ1) is 19.8. The summed E-state index contributed by atoms with van der Waals surface area (Å²) in [6.07, 6.45) is 5.98. The summed E-state index contributed by atoms with van der Waals surface area (Å²) in [5, 5.41) is 5.78. The molecule has 0 atom stereocenters. The number of carbonyl (C=O) groups is 2. The maximum absolute atomic E-state index is 12.7. The average molecular weight is 403 g/mol. The molecule has 4 rings (SSSR count). The highest BCUT2D eigenvalue weighted by Crippen LogP contribution is 2.26. The normalized spacial score (nSPS) is 14.1. The number of hydrogen-bond donors (Lipinski definition) is 2. The number of carbonyl (C=O) groups excluding carboxylic acids is 2. The molecule has 6 nitrogen and oxygen atoms in total. The zero-order chi connectivity index (χ0) is 20.8. The number of rotatable bonds is 4. The summed E-state index contributed by atoms with van der Waals surface area (Å²) >= 11 is 0. The number of urea groups is 1. The molecule has 154 valence electrons. The number of hydrogen-bond acceptors (Lipinski definition) is 3. The van der Waals surface area contributed by atoms with Crippen LogP contribution in [-0.2, 0) is 0 Å². The molecule has 2 N–H and O–H groups in total. The van der Waals surface area contributed by atoms with E-state index in [2.05, 4.69) is 10.6 Å². The van der Waals surface area contributed by atoms with Gasteiger partial charge in [-0.2, -0.15) is 0 Å². The molecule has 1 aliphatic heterocycles. The van der Waals surface area contributed by atoms with Crippen LogP contribution in [0.1, 0.15) is 36.2 Å². The zero-order valence-corrected chi connectivity index (χ0v) is 16.8. The quantitative estimate of drug-likeness (QED) is 0.595.